The van der Waals surface area contributed by atoms with Crippen molar-refractivity contribution >= 4 is 28.8 Å². The highest BCUT2D eigenvalue weighted by Gasteiger charge is 2.13. The third kappa shape index (κ3) is 6.41. The molecule has 0 amide bonds. The molecule has 1 aliphatic rings. The van der Waals surface area contributed by atoms with Gasteiger partial charge in [0.05, 0.1) is 5.69 Å². The number of benzene rings is 3. The number of rotatable bonds is 10. The van der Waals surface area contributed by atoms with Gasteiger partial charge in [0.15, 0.2) is 0 Å². The molecule has 0 bridgehead atoms. The van der Waals surface area contributed by atoms with Crippen molar-refractivity contribution in [3.63, 3.8) is 0 Å². The molecule has 0 N–H and O–H groups in total. The Morgan fingerprint density at radius 3 is 2.47 bits per heavy atom. The van der Waals surface area contributed by atoms with Crippen LogP contribution in [0.3, 0.4) is 0 Å². The average molecular weight is 451 g/mol. The summed E-state index contributed by atoms with van der Waals surface area (Å²) in [6.45, 7) is 8.82. The number of unbranched alkanes of at least 4 members (excludes halogenated alkanes) is 1. The van der Waals surface area contributed by atoms with Crippen molar-refractivity contribution in [1.29, 1.82) is 0 Å². The Morgan fingerprint density at radius 2 is 1.66 bits per heavy atom. The van der Waals surface area contributed by atoms with Crippen LogP contribution in [0.2, 0.25) is 0 Å². The Hall–Kier alpha value is -2.21. The van der Waals surface area contributed by atoms with E-state index in [0.29, 0.717) is 0 Å². The predicted octanol–water partition coefficient (Wildman–Crippen LogP) is 7.10. The summed E-state index contributed by atoms with van der Waals surface area (Å²) >= 11 is 1.03. The van der Waals surface area contributed by atoms with Gasteiger partial charge in [-0.05, 0) is 105 Å². The molecule has 0 saturated carbocycles. The van der Waals surface area contributed by atoms with E-state index < -0.39 is 0 Å². The van der Waals surface area contributed by atoms with Gasteiger partial charge in [0.2, 0.25) is 0 Å². The fourth-order valence-corrected chi connectivity index (χ4v) is 4.62. The van der Waals surface area contributed by atoms with Crippen LogP contribution in [0.1, 0.15) is 43.2 Å². The van der Waals surface area contributed by atoms with Gasteiger partial charge in [-0.2, -0.15) is 4.28 Å². The van der Waals surface area contributed by atoms with E-state index in [1.54, 1.807) is 0 Å². The van der Waals surface area contributed by atoms with Crippen LogP contribution in [0.15, 0.2) is 60.7 Å². The first-order valence-electron chi connectivity index (χ1n) is 11.8. The van der Waals surface area contributed by atoms with E-state index in [4.69, 9.17) is 8.47 Å². The summed E-state index contributed by atoms with van der Waals surface area (Å²) in [5.74, 6) is 0.791. The summed E-state index contributed by atoms with van der Waals surface area (Å²) in [5, 5.41) is 4.33. The molecule has 5 heteroatoms. The molecule has 4 nitrogen and oxygen atoms in total. The summed E-state index contributed by atoms with van der Waals surface area (Å²) in [4.78, 5) is 2.60. The first-order valence-corrected chi connectivity index (χ1v) is 12.4. The van der Waals surface area contributed by atoms with Crippen molar-refractivity contribution < 1.29 is 8.47 Å². The maximum Gasteiger partial charge on any atom is 0.250 e. The number of anilines is 1. The Bertz CT molecular complexity index is 1000. The van der Waals surface area contributed by atoms with Gasteiger partial charge in [0.25, 0.3) is 12.3 Å². The SMILES string of the molecule is Cc1ccc(N(CCCCN2CCCCC2)OSOc2ccc3ccccc3c2)cc1C. The van der Waals surface area contributed by atoms with Crippen molar-refractivity contribution in [2.75, 3.05) is 31.2 Å². The number of piperidine rings is 1. The molecule has 1 heterocycles. The number of aryl methyl sites for hydroxylation is 2. The molecule has 32 heavy (non-hydrogen) atoms. The largest absolute Gasteiger partial charge is 0.399 e. The molecule has 0 radical (unpaired) electrons. The van der Waals surface area contributed by atoms with Crippen molar-refractivity contribution in [2.45, 2.75) is 46.0 Å². The van der Waals surface area contributed by atoms with E-state index in [2.05, 4.69) is 55.1 Å². The molecule has 1 saturated heterocycles. The lowest BCUT2D eigenvalue weighted by Crippen LogP contribution is -2.31. The van der Waals surface area contributed by atoms with Crippen molar-refractivity contribution in [1.82, 2.24) is 4.90 Å². The van der Waals surface area contributed by atoms with E-state index >= 15 is 0 Å². The molecule has 0 atom stereocenters. The molecule has 1 aliphatic heterocycles. The topological polar surface area (TPSA) is 24.9 Å². The smallest absolute Gasteiger partial charge is 0.250 e. The van der Waals surface area contributed by atoms with Crippen LogP contribution in [-0.4, -0.2) is 31.1 Å². The van der Waals surface area contributed by atoms with E-state index in [1.807, 2.05) is 29.3 Å². The third-order valence-corrected chi connectivity index (χ3v) is 6.79. The van der Waals surface area contributed by atoms with Gasteiger partial charge in [0.1, 0.15) is 5.75 Å². The monoisotopic (exact) mass is 450 g/mol. The molecule has 0 aliphatic carbocycles. The minimum atomic E-state index is 0.791. The number of hydrogen-bond acceptors (Lipinski definition) is 5. The number of likely N-dealkylation sites (tertiary alicyclic amines) is 1. The maximum atomic E-state index is 6.05. The minimum Gasteiger partial charge on any atom is -0.399 e. The minimum absolute atomic E-state index is 0.791. The Morgan fingerprint density at radius 1 is 0.844 bits per heavy atom. The number of fused-ring (bicyclic) bond motifs is 1. The highest BCUT2D eigenvalue weighted by atomic mass is 32.2. The molecule has 3 aromatic rings. The van der Waals surface area contributed by atoms with Gasteiger partial charge in [-0.15, -0.1) is 0 Å². The first-order chi connectivity index (χ1) is 15.7. The average Bonchev–Trinajstić information content (AvgIpc) is 2.83. The normalized spacial score (nSPS) is 14.6. The predicted molar refractivity (Wildman–Crippen MR) is 136 cm³/mol. The highest BCUT2D eigenvalue weighted by molar-refractivity contribution is 7.90. The third-order valence-electron chi connectivity index (χ3n) is 6.28. The molecule has 0 unspecified atom stereocenters. The van der Waals surface area contributed by atoms with Gasteiger partial charge in [0, 0.05) is 6.54 Å². The zero-order valence-corrected chi connectivity index (χ0v) is 20.1. The number of hydroxylamine groups is 1. The van der Waals surface area contributed by atoms with Gasteiger partial charge in [-0.1, -0.05) is 42.8 Å². The molecule has 4 rings (SSSR count). The van der Waals surface area contributed by atoms with Crippen LogP contribution < -0.4 is 9.25 Å². The second-order valence-corrected chi connectivity index (χ2v) is 9.17. The van der Waals surface area contributed by atoms with Gasteiger partial charge in [-0.3, -0.25) is 0 Å². The van der Waals surface area contributed by atoms with Crippen molar-refractivity contribution in [2.24, 2.45) is 0 Å². The van der Waals surface area contributed by atoms with E-state index in [1.165, 1.54) is 61.8 Å². The molecular weight excluding hydrogens is 416 g/mol. The van der Waals surface area contributed by atoms with Crippen molar-refractivity contribution in [3.8, 4) is 5.75 Å². The van der Waals surface area contributed by atoms with Crippen LogP contribution >= 0.6 is 12.3 Å². The molecule has 1 fully saturated rings. The maximum absolute atomic E-state index is 6.05. The quantitative estimate of drug-likeness (QED) is 0.186. The summed E-state index contributed by atoms with van der Waals surface area (Å²) in [7, 11) is 0. The Kier molecular flexibility index (Phi) is 8.32. The lowest BCUT2D eigenvalue weighted by atomic mass is 10.1. The molecule has 0 spiro atoms. The summed E-state index contributed by atoms with van der Waals surface area (Å²) in [6.07, 6.45) is 6.35. The van der Waals surface area contributed by atoms with Gasteiger partial charge >= 0.3 is 0 Å². The van der Waals surface area contributed by atoms with Crippen molar-refractivity contribution in [3.05, 3.63) is 71.8 Å². The number of hydrogen-bond donors (Lipinski definition) is 0. The van der Waals surface area contributed by atoms with E-state index in [-0.39, 0.29) is 0 Å². The van der Waals surface area contributed by atoms with Crippen LogP contribution in [0, 0.1) is 13.8 Å². The highest BCUT2D eigenvalue weighted by Crippen LogP contribution is 2.27. The molecule has 0 aromatic heterocycles. The molecule has 170 valence electrons. The Balaban J connectivity index is 1.33. The first kappa shape index (κ1) is 23.0. The Labute approximate surface area is 196 Å². The fourth-order valence-electron chi connectivity index (χ4n) is 4.17. The second-order valence-electron chi connectivity index (χ2n) is 8.71. The van der Waals surface area contributed by atoms with Crippen LogP contribution in [0.5, 0.6) is 5.75 Å². The zero-order chi connectivity index (χ0) is 22.2. The van der Waals surface area contributed by atoms with Crippen LogP contribution in [0.25, 0.3) is 10.8 Å². The standard InChI is InChI=1S/C27H34N2O2S/c1-22-12-14-26(20-23(22)2)29(19-9-8-18-28-16-6-3-7-17-28)31-32-30-27-15-13-24-10-4-5-11-25(24)21-27/h4-5,10-15,20-21H,3,6-9,16-19H2,1-2H3. The lowest BCUT2D eigenvalue weighted by molar-refractivity contribution is 0.222. The van der Waals surface area contributed by atoms with Gasteiger partial charge < -0.3 is 9.08 Å². The summed E-state index contributed by atoms with van der Waals surface area (Å²) in [6, 6.07) is 20.9. The lowest BCUT2D eigenvalue weighted by Gasteiger charge is -2.27. The molecule has 3 aromatic carbocycles. The van der Waals surface area contributed by atoms with Gasteiger partial charge in [-0.25, -0.2) is 5.06 Å². The summed E-state index contributed by atoms with van der Waals surface area (Å²) in [5.41, 5.74) is 3.63. The molecular formula is C27H34N2O2S. The summed E-state index contributed by atoms with van der Waals surface area (Å²) < 4.78 is 11.9. The second kappa shape index (κ2) is 11.6. The van der Waals surface area contributed by atoms with E-state index in [0.717, 1.165) is 42.1 Å². The number of nitrogens with zero attached hydrogens (tertiary/aromatic N) is 2. The fraction of sp³-hybridized carbons (Fsp3) is 0.407. The zero-order valence-electron chi connectivity index (χ0n) is 19.3. The van der Waals surface area contributed by atoms with Crippen LogP contribution in [-0.2, 0) is 4.28 Å². The van der Waals surface area contributed by atoms with E-state index in [9.17, 15) is 0 Å². The van der Waals surface area contributed by atoms with Crippen LogP contribution in [0.4, 0.5) is 5.69 Å².